The Kier molecular flexibility index (Phi) is 3.99. The van der Waals surface area contributed by atoms with Gasteiger partial charge in [-0.3, -0.25) is 0 Å². The Morgan fingerprint density at radius 3 is 2.29 bits per heavy atom. The lowest BCUT2D eigenvalue weighted by Gasteiger charge is -2.19. The average Bonchev–Trinajstić information content (AvgIpc) is 2.66. The Morgan fingerprint density at radius 2 is 1.86 bits per heavy atom. The molecule has 1 aliphatic heterocycles. The highest BCUT2D eigenvalue weighted by Gasteiger charge is 2.12. The number of allylic oxidation sites excluding steroid dienone is 3. The molecule has 0 radical (unpaired) electrons. The van der Waals surface area contributed by atoms with Crippen LogP contribution in [0.3, 0.4) is 0 Å². The molecule has 0 spiro atoms. The van der Waals surface area contributed by atoms with E-state index in [0.29, 0.717) is 5.92 Å². The molecule has 1 saturated heterocycles. The van der Waals surface area contributed by atoms with Crippen LogP contribution in [-0.4, -0.2) is 18.0 Å². The first kappa shape index (κ1) is 11.1. The van der Waals surface area contributed by atoms with Gasteiger partial charge in [0.05, 0.1) is 0 Å². The van der Waals surface area contributed by atoms with Gasteiger partial charge in [0.2, 0.25) is 0 Å². The van der Waals surface area contributed by atoms with Crippen molar-refractivity contribution in [1.29, 1.82) is 0 Å². The quantitative estimate of drug-likeness (QED) is 0.616. The van der Waals surface area contributed by atoms with Crippen LogP contribution in [0.5, 0.6) is 0 Å². The lowest BCUT2D eigenvalue weighted by molar-refractivity contribution is 0.439. The highest BCUT2D eigenvalue weighted by atomic mass is 15.1. The summed E-state index contributed by atoms with van der Waals surface area (Å²) >= 11 is 0. The van der Waals surface area contributed by atoms with Crippen molar-refractivity contribution in [2.75, 3.05) is 13.1 Å². The Balaban J connectivity index is 2.69. The molecule has 1 fully saturated rings. The SMILES string of the molecule is C=C/C(=C\C(=C)C(C)C)N1CCCC1. The second-order valence-electron chi connectivity index (χ2n) is 4.20. The zero-order valence-electron chi connectivity index (χ0n) is 9.42. The van der Waals surface area contributed by atoms with Gasteiger partial charge in [0.25, 0.3) is 0 Å². The molecule has 0 atom stereocenters. The summed E-state index contributed by atoms with van der Waals surface area (Å²) in [5.41, 5.74) is 2.42. The monoisotopic (exact) mass is 191 g/mol. The van der Waals surface area contributed by atoms with Crippen LogP contribution in [-0.2, 0) is 0 Å². The van der Waals surface area contributed by atoms with Crippen molar-refractivity contribution in [3.05, 3.63) is 36.6 Å². The summed E-state index contributed by atoms with van der Waals surface area (Å²) in [5, 5.41) is 0. The maximum atomic E-state index is 4.06. The second-order valence-corrected chi connectivity index (χ2v) is 4.20. The van der Waals surface area contributed by atoms with Gasteiger partial charge in [-0.25, -0.2) is 0 Å². The molecular formula is C13H21N. The standard InChI is InChI=1S/C13H21N/c1-5-13(10-12(4)11(2)3)14-8-6-7-9-14/h5,10-11H,1,4,6-9H2,2-3H3/b13-10+. The first-order valence-corrected chi connectivity index (χ1v) is 5.43. The predicted molar refractivity (Wildman–Crippen MR) is 63.1 cm³/mol. The summed E-state index contributed by atoms with van der Waals surface area (Å²) in [6.07, 6.45) is 6.72. The van der Waals surface area contributed by atoms with Crippen molar-refractivity contribution in [2.45, 2.75) is 26.7 Å². The minimum absolute atomic E-state index is 0.521. The van der Waals surface area contributed by atoms with Gasteiger partial charge in [0.15, 0.2) is 0 Å². The topological polar surface area (TPSA) is 3.24 Å². The molecule has 0 amide bonds. The van der Waals surface area contributed by atoms with Crippen molar-refractivity contribution in [2.24, 2.45) is 5.92 Å². The van der Waals surface area contributed by atoms with E-state index < -0.39 is 0 Å². The maximum absolute atomic E-state index is 4.06. The summed E-state index contributed by atoms with van der Waals surface area (Å²) in [6, 6.07) is 0. The molecule has 14 heavy (non-hydrogen) atoms. The van der Waals surface area contributed by atoms with E-state index in [1.54, 1.807) is 0 Å². The van der Waals surface area contributed by atoms with E-state index in [4.69, 9.17) is 0 Å². The van der Waals surface area contributed by atoms with Crippen LogP contribution < -0.4 is 0 Å². The number of rotatable bonds is 4. The summed E-state index contributed by atoms with van der Waals surface area (Å²) in [7, 11) is 0. The third kappa shape index (κ3) is 2.76. The van der Waals surface area contributed by atoms with Crippen LogP contribution >= 0.6 is 0 Å². The van der Waals surface area contributed by atoms with Gasteiger partial charge < -0.3 is 4.90 Å². The van der Waals surface area contributed by atoms with Crippen molar-refractivity contribution in [3.8, 4) is 0 Å². The lowest BCUT2D eigenvalue weighted by atomic mass is 10.0. The van der Waals surface area contributed by atoms with Crippen molar-refractivity contribution in [1.82, 2.24) is 4.90 Å². The zero-order chi connectivity index (χ0) is 10.6. The minimum Gasteiger partial charge on any atom is -0.372 e. The Morgan fingerprint density at radius 1 is 1.29 bits per heavy atom. The van der Waals surface area contributed by atoms with E-state index in [1.807, 2.05) is 6.08 Å². The Hall–Kier alpha value is -0.980. The predicted octanol–water partition coefficient (Wildman–Crippen LogP) is 3.36. The highest BCUT2D eigenvalue weighted by Crippen LogP contribution is 2.18. The van der Waals surface area contributed by atoms with E-state index in [0.717, 1.165) is 0 Å². The molecule has 78 valence electrons. The lowest BCUT2D eigenvalue weighted by Crippen LogP contribution is -2.17. The van der Waals surface area contributed by atoms with Crippen molar-refractivity contribution in [3.63, 3.8) is 0 Å². The number of hydrogen-bond acceptors (Lipinski definition) is 1. The van der Waals surface area contributed by atoms with Gasteiger partial charge in [-0.05, 0) is 30.9 Å². The third-order valence-electron chi connectivity index (χ3n) is 2.76. The molecule has 1 heteroatoms. The summed E-state index contributed by atoms with van der Waals surface area (Å²) in [6.45, 7) is 14.6. The van der Waals surface area contributed by atoms with Crippen molar-refractivity contribution >= 4 is 0 Å². The van der Waals surface area contributed by atoms with Gasteiger partial charge >= 0.3 is 0 Å². The van der Waals surface area contributed by atoms with E-state index in [2.05, 4.69) is 38.0 Å². The number of likely N-dealkylation sites (tertiary alicyclic amines) is 1. The van der Waals surface area contributed by atoms with E-state index in [1.165, 1.54) is 37.2 Å². The Labute approximate surface area is 87.8 Å². The van der Waals surface area contributed by atoms with Crippen LogP contribution in [0.1, 0.15) is 26.7 Å². The Bertz CT molecular complexity index is 242. The smallest absolute Gasteiger partial charge is 0.0362 e. The summed E-state index contributed by atoms with van der Waals surface area (Å²) in [4.78, 5) is 2.39. The van der Waals surface area contributed by atoms with Gasteiger partial charge in [-0.2, -0.15) is 0 Å². The van der Waals surface area contributed by atoms with Gasteiger partial charge in [-0.15, -0.1) is 0 Å². The molecule has 0 N–H and O–H groups in total. The molecule has 0 aromatic heterocycles. The average molecular weight is 191 g/mol. The molecule has 1 nitrogen and oxygen atoms in total. The molecule has 1 rings (SSSR count). The fourth-order valence-corrected chi connectivity index (χ4v) is 1.61. The molecule has 0 saturated carbocycles. The van der Waals surface area contributed by atoms with Crippen LogP contribution in [0, 0.1) is 5.92 Å². The van der Waals surface area contributed by atoms with Crippen LogP contribution in [0.2, 0.25) is 0 Å². The maximum Gasteiger partial charge on any atom is 0.0362 e. The van der Waals surface area contributed by atoms with Crippen LogP contribution in [0.15, 0.2) is 36.6 Å². The summed E-state index contributed by atoms with van der Waals surface area (Å²) in [5.74, 6) is 0.521. The van der Waals surface area contributed by atoms with Gasteiger partial charge in [0.1, 0.15) is 0 Å². The molecule has 0 unspecified atom stereocenters. The largest absolute Gasteiger partial charge is 0.372 e. The minimum atomic E-state index is 0.521. The molecule has 0 aliphatic carbocycles. The first-order chi connectivity index (χ1) is 6.65. The molecule has 1 aliphatic rings. The zero-order valence-corrected chi connectivity index (χ0v) is 9.42. The molecule has 0 bridgehead atoms. The van der Waals surface area contributed by atoms with Gasteiger partial charge in [0, 0.05) is 18.8 Å². The second kappa shape index (κ2) is 5.04. The first-order valence-electron chi connectivity index (χ1n) is 5.43. The molecule has 0 aromatic carbocycles. The van der Waals surface area contributed by atoms with Gasteiger partial charge in [-0.1, -0.05) is 32.6 Å². The van der Waals surface area contributed by atoms with Crippen LogP contribution in [0.25, 0.3) is 0 Å². The normalized spacial score (nSPS) is 17.6. The highest BCUT2D eigenvalue weighted by molar-refractivity contribution is 5.28. The van der Waals surface area contributed by atoms with Crippen LogP contribution in [0.4, 0.5) is 0 Å². The molecular weight excluding hydrogens is 170 g/mol. The number of nitrogens with zero attached hydrogens (tertiary/aromatic N) is 1. The molecule has 1 heterocycles. The molecule has 0 aromatic rings. The fourth-order valence-electron chi connectivity index (χ4n) is 1.61. The summed E-state index contributed by atoms with van der Waals surface area (Å²) < 4.78 is 0. The van der Waals surface area contributed by atoms with E-state index in [9.17, 15) is 0 Å². The number of hydrogen-bond donors (Lipinski definition) is 0. The third-order valence-corrected chi connectivity index (χ3v) is 2.76. The van der Waals surface area contributed by atoms with Crippen molar-refractivity contribution < 1.29 is 0 Å². The van der Waals surface area contributed by atoms with E-state index in [-0.39, 0.29) is 0 Å². The van der Waals surface area contributed by atoms with E-state index >= 15 is 0 Å². The fraction of sp³-hybridized carbons (Fsp3) is 0.538.